The molecule has 1 atom stereocenters. The number of rotatable bonds is 6. The van der Waals surface area contributed by atoms with E-state index in [1.807, 2.05) is 24.3 Å². The SMILES string of the molecule is CC(Br)CN(C)CCOc1cccc(Br)c1. The fraction of sp³-hybridized carbons (Fsp3) is 0.500. The molecule has 16 heavy (non-hydrogen) atoms. The lowest BCUT2D eigenvalue weighted by Crippen LogP contribution is -2.28. The predicted octanol–water partition coefficient (Wildman–Crippen LogP) is 3.54. The smallest absolute Gasteiger partial charge is 0.120 e. The monoisotopic (exact) mass is 349 g/mol. The number of ether oxygens (including phenoxy) is 1. The highest BCUT2D eigenvalue weighted by Gasteiger charge is 2.02. The van der Waals surface area contributed by atoms with E-state index in [-0.39, 0.29) is 0 Å². The molecule has 1 aromatic carbocycles. The molecule has 1 aromatic rings. The van der Waals surface area contributed by atoms with Crippen LogP contribution >= 0.6 is 31.9 Å². The van der Waals surface area contributed by atoms with Crippen LogP contribution in [0.4, 0.5) is 0 Å². The minimum atomic E-state index is 0.517. The first-order valence-electron chi connectivity index (χ1n) is 5.29. The summed E-state index contributed by atoms with van der Waals surface area (Å²) in [5.41, 5.74) is 0. The van der Waals surface area contributed by atoms with Gasteiger partial charge in [0.2, 0.25) is 0 Å². The molecule has 0 saturated carbocycles. The van der Waals surface area contributed by atoms with Crippen molar-refractivity contribution in [1.82, 2.24) is 4.90 Å². The molecule has 4 heteroatoms. The molecule has 0 saturated heterocycles. The summed E-state index contributed by atoms with van der Waals surface area (Å²) in [5.74, 6) is 0.912. The van der Waals surface area contributed by atoms with E-state index in [4.69, 9.17) is 4.74 Å². The first-order valence-corrected chi connectivity index (χ1v) is 7.00. The van der Waals surface area contributed by atoms with Crippen LogP contribution in [0.25, 0.3) is 0 Å². The molecule has 0 N–H and O–H groups in total. The summed E-state index contributed by atoms with van der Waals surface area (Å²) < 4.78 is 6.70. The van der Waals surface area contributed by atoms with E-state index in [2.05, 4.69) is 50.7 Å². The maximum absolute atomic E-state index is 5.65. The number of alkyl halides is 1. The number of halogens is 2. The van der Waals surface area contributed by atoms with E-state index in [1.165, 1.54) is 0 Å². The van der Waals surface area contributed by atoms with Gasteiger partial charge in [-0.3, -0.25) is 0 Å². The van der Waals surface area contributed by atoms with Gasteiger partial charge in [-0.2, -0.15) is 0 Å². The zero-order valence-corrected chi connectivity index (χ0v) is 12.8. The van der Waals surface area contributed by atoms with E-state index in [0.29, 0.717) is 11.4 Å². The zero-order valence-electron chi connectivity index (χ0n) is 9.62. The Morgan fingerprint density at radius 2 is 2.19 bits per heavy atom. The minimum absolute atomic E-state index is 0.517. The van der Waals surface area contributed by atoms with Crippen molar-refractivity contribution in [2.45, 2.75) is 11.8 Å². The van der Waals surface area contributed by atoms with Crippen LogP contribution in [0.5, 0.6) is 5.75 Å². The third kappa shape index (κ3) is 5.87. The van der Waals surface area contributed by atoms with E-state index >= 15 is 0 Å². The van der Waals surface area contributed by atoms with Gasteiger partial charge in [-0.05, 0) is 25.2 Å². The second-order valence-electron chi connectivity index (χ2n) is 3.85. The molecule has 0 spiro atoms. The van der Waals surface area contributed by atoms with Gasteiger partial charge < -0.3 is 9.64 Å². The molecule has 0 fully saturated rings. The second-order valence-corrected chi connectivity index (χ2v) is 6.33. The highest BCUT2D eigenvalue weighted by atomic mass is 79.9. The summed E-state index contributed by atoms with van der Waals surface area (Å²) in [6.07, 6.45) is 0. The zero-order chi connectivity index (χ0) is 12.0. The van der Waals surface area contributed by atoms with Crippen LogP contribution < -0.4 is 4.74 Å². The number of likely N-dealkylation sites (N-methyl/N-ethyl adjacent to an activating group) is 1. The molecule has 1 unspecified atom stereocenters. The lowest BCUT2D eigenvalue weighted by Gasteiger charge is -2.18. The van der Waals surface area contributed by atoms with Crippen LogP contribution in [0.2, 0.25) is 0 Å². The molecule has 2 nitrogen and oxygen atoms in total. The van der Waals surface area contributed by atoms with Crippen LogP contribution in [0.1, 0.15) is 6.92 Å². The number of hydrogen-bond acceptors (Lipinski definition) is 2. The predicted molar refractivity (Wildman–Crippen MR) is 75.5 cm³/mol. The van der Waals surface area contributed by atoms with Crippen molar-refractivity contribution >= 4 is 31.9 Å². The van der Waals surface area contributed by atoms with Gasteiger partial charge in [0.15, 0.2) is 0 Å². The van der Waals surface area contributed by atoms with Crippen LogP contribution in [0.3, 0.4) is 0 Å². The van der Waals surface area contributed by atoms with Gasteiger partial charge in [0.25, 0.3) is 0 Å². The Hall–Kier alpha value is -0.0600. The first-order chi connectivity index (χ1) is 7.58. The van der Waals surface area contributed by atoms with Crippen molar-refractivity contribution in [2.75, 3.05) is 26.7 Å². The molecule has 0 aliphatic heterocycles. The van der Waals surface area contributed by atoms with Gasteiger partial charge in [0.05, 0.1) is 0 Å². The summed E-state index contributed by atoms with van der Waals surface area (Å²) in [7, 11) is 2.10. The molecule has 1 rings (SSSR count). The van der Waals surface area contributed by atoms with Crippen LogP contribution in [0.15, 0.2) is 28.7 Å². The normalized spacial score (nSPS) is 12.8. The van der Waals surface area contributed by atoms with Crippen molar-refractivity contribution < 1.29 is 4.74 Å². The minimum Gasteiger partial charge on any atom is -0.492 e. The van der Waals surface area contributed by atoms with E-state index in [1.54, 1.807) is 0 Å². The lowest BCUT2D eigenvalue weighted by atomic mass is 10.3. The highest BCUT2D eigenvalue weighted by Crippen LogP contribution is 2.17. The fourth-order valence-electron chi connectivity index (χ4n) is 1.40. The molecule has 0 amide bonds. The maximum Gasteiger partial charge on any atom is 0.120 e. The Kier molecular flexibility index (Phi) is 6.39. The number of nitrogens with zero attached hydrogens (tertiary/aromatic N) is 1. The van der Waals surface area contributed by atoms with Crippen LogP contribution in [0, 0.1) is 0 Å². The van der Waals surface area contributed by atoms with Crippen molar-refractivity contribution in [2.24, 2.45) is 0 Å². The summed E-state index contributed by atoms with van der Waals surface area (Å²) in [5, 5.41) is 0. The summed E-state index contributed by atoms with van der Waals surface area (Å²) >= 11 is 6.95. The molecular formula is C12H17Br2NO. The maximum atomic E-state index is 5.65. The average Bonchev–Trinajstić information content (AvgIpc) is 2.16. The largest absolute Gasteiger partial charge is 0.492 e. The van der Waals surface area contributed by atoms with Crippen molar-refractivity contribution in [1.29, 1.82) is 0 Å². The van der Waals surface area contributed by atoms with Gasteiger partial charge >= 0.3 is 0 Å². The Morgan fingerprint density at radius 3 is 2.81 bits per heavy atom. The summed E-state index contributed by atoms with van der Waals surface area (Å²) in [4.78, 5) is 2.76. The van der Waals surface area contributed by atoms with Crippen molar-refractivity contribution in [3.05, 3.63) is 28.7 Å². The Labute approximate surface area is 114 Å². The molecular weight excluding hydrogens is 334 g/mol. The number of benzene rings is 1. The van der Waals surface area contributed by atoms with Crippen molar-refractivity contribution in [3.63, 3.8) is 0 Å². The van der Waals surface area contributed by atoms with Gasteiger partial charge in [0, 0.05) is 22.4 Å². The molecule has 0 radical (unpaired) electrons. The molecule has 0 aromatic heterocycles. The van der Waals surface area contributed by atoms with E-state index < -0.39 is 0 Å². The molecule has 90 valence electrons. The fourth-order valence-corrected chi connectivity index (χ4v) is 2.27. The second kappa shape index (κ2) is 7.30. The Morgan fingerprint density at radius 1 is 1.44 bits per heavy atom. The lowest BCUT2D eigenvalue weighted by molar-refractivity contribution is 0.239. The Bertz CT molecular complexity index is 318. The molecule has 0 heterocycles. The van der Waals surface area contributed by atoms with Crippen LogP contribution in [-0.2, 0) is 0 Å². The standard InChI is InChI=1S/C12H17Br2NO/c1-10(13)9-15(2)6-7-16-12-5-3-4-11(14)8-12/h3-5,8,10H,6-7,9H2,1-2H3. The summed E-state index contributed by atoms with van der Waals surface area (Å²) in [6, 6.07) is 7.92. The van der Waals surface area contributed by atoms with Crippen LogP contribution in [-0.4, -0.2) is 36.5 Å². The van der Waals surface area contributed by atoms with Gasteiger partial charge in [-0.1, -0.05) is 44.8 Å². The van der Waals surface area contributed by atoms with Crippen molar-refractivity contribution in [3.8, 4) is 5.75 Å². The highest BCUT2D eigenvalue weighted by molar-refractivity contribution is 9.10. The molecule has 0 aliphatic carbocycles. The van der Waals surface area contributed by atoms with Gasteiger partial charge in [0.1, 0.15) is 12.4 Å². The number of hydrogen-bond donors (Lipinski definition) is 0. The third-order valence-corrected chi connectivity index (χ3v) is 2.88. The van der Waals surface area contributed by atoms with Gasteiger partial charge in [-0.25, -0.2) is 0 Å². The average molecular weight is 351 g/mol. The topological polar surface area (TPSA) is 12.5 Å². The summed E-state index contributed by atoms with van der Waals surface area (Å²) in [6.45, 7) is 4.82. The van der Waals surface area contributed by atoms with E-state index in [9.17, 15) is 0 Å². The first kappa shape index (κ1) is 14.0. The third-order valence-electron chi connectivity index (χ3n) is 2.10. The molecule has 0 bridgehead atoms. The molecule has 0 aliphatic rings. The van der Waals surface area contributed by atoms with Gasteiger partial charge in [-0.15, -0.1) is 0 Å². The Balaban J connectivity index is 2.25. The van der Waals surface area contributed by atoms with E-state index in [0.717, 1.165) is 23.3 Å². The quantitative estimate of drug-likeness (QED) is 0.727.